The molecule has 1 atom stereocenters. The maximum Gasteiger partial charge on any atom is 0.264 e. The molecule has 0 N–H and O–H groups in total. The van der Waals surface area contributed by atoms with Crippen molar-refractivity contribution in [3.05, 3.63) is 10.9 Å². The van der Waals surface area contributed by atoms with E-state index in [9.17, 15) is 4.79 Å². The van der Waals surface area contributed by atoms with Crippen LogP contribution < -0.4 is 4.90 Å². The zero-order valence-corrected chi connectivity index (χ0v) is 13.7. The van der Waals surface area contributed by atoms with Crippen molar-refractivity contribution < 1.29 is 4.79 Å². The third-order valence-electron chi connectivity index (χ3n) is 3.74. The van der Waals surface area contributed by atoms with Crippen LogP contribution in [0.1, 0.15) is 35.9 Å². The van der Waals surface area contributed by atoms with E-state index in [4.69, 9.17) is 0 Å². The van der Waals surface area contributed by atoms with Crippen molar-refractivity contribution in [3.8, 4) is 0 Å². The molecule has 2 aromatic rings. The molecule has 0 radical (unpaired) electrons. The number of thiophene rings is 1. The van der Waals surface area contributed by atoms with Gasteiger partial charge in [0.15, 0.2) is 5.13 Å². The van der Waals surface area contributed by atoms with Crippen molar-refractivity contribution in [2.45, 2.75) is 32.2 Å². The van der Waals surface area contributed by atoms with E-state index in [1.165, 1.54) is 17.8 Å². The van der Waals surface area contributed by atoms with E-state index in [2.05, 4.69) is 11.9 Å². The van der Waals surface area contributed by atoms with Gasteiger partial charge >= 0.3 is 0 Å². The van der Waals surface area contributed by atoms with Gasteiger partial charge in [0.1, 0.15) is 4.83 Å². The van der Waals surface area contributed by atoms with Gasteiger partial charge in [-0.05, 0) is 32.3 Å². The molecule has 20 heavy (non-hydrogen) atoms. The minimum atomic E-state index is 0.179. The Bertz CT molecular complexity index is 600. The molecule has 1 fully saturated rings. The molecule has 3 rings (SSSR count). The van der Waals surface area contributed by atoms with Crippen LogP contribution in [0.3, 0.4) is 0 Å². The summed E-state index contributed by atoms with van der Waals surface area (Å²) in [6.45, 7) is 3.04. The molecule has 1 saturated heterocycles. The quantitative estimate of drug-likeness (QED) is 0.852. The van der Waals surface area contributed by atoms with Crippen LogP contribution in [-0.2, 0) is 0 Å². The van der Waals surface area contributed by atoms with Crippen LogP contribution in [0.15, 0.2) is 6.07 Å². The van der Waals surface area contributed by atoms with Crippen molar-refractivity contribution in [3.63, 3.8) is 0 Å². The monoisotopic (exact) mass is 309 g/mol. The zero-order valence-electron chi connectivity index (χ0n) is 12.0. The standard InChI is InChI=1S/C14H19N3OS2/c1-9-6-4-5-7-17(9)13(18)11-8-10-12(19-11)15-14(20-10)16(2)3/h8-9H,4-7H2,1-3H3/t9-/m1/s1. The molecular weight excluding hydrogens is 290 g/mol. The maximum absolute atomic E-state index is 12.6. The van der Waals surface area contributed by atoms with Gasteiger partial charge in [-0.15, -0.1) is 11.3 Å². The highest BCUT2D eigenvalue weighted by molar-refractivity contribution is 7.29. The second-order valence-electron chi connectivity index (χ2n) is 5.51. The Morgan fingerprint density at radius 3 is 2.85 bits per heavy atom. The average Bonchev–Trinajstić information content (AvgIpc) is 2.96. The maximum atomic E-state index is 12.6. The Morgan fingerprint density at radius 1 is 1.40 bits per heavy atom. The van der Waals surface area contributed by atoms with Gasteiger partial charge in [-0.25, -0.2) is 4.98 Å². The smallest absolute Gasteiger partial charge is 0.264 e. The number of fused-ring (bicyclic) bond motifs is 1. The highest BCUT2D eigenvalue weighted by Crippen LogP contribution is 2.35. The summed E-state index contributed by atoms with van der Waals surface area (Å²) in [6, 6.07) is 2.37. The fourth-order valence-electron chi connectivity index (χ4n) is 2.56. The molecular formula is C14H19N3OS2. The number of thiazole rings is 1. The van der Waals surface area contributed by atoms with Crippen LogP contribution >= 0.6 is 22.7 Å². The number of carbonyl (C=O) groups excluding carboxylic acids is 1. The lowest BCUT2D eigenvalue weighted by Gasteiger charge is -2.33. The number of carbonyl (C=O) groups is 1. The summed E-state index contributed by atoms with van der Waals surface area (Å²) in [6.07, 6.45) is 3.48. The second-order valence-corrected chi connectivity index (χ2v) is 7.55. The highest BCUT2D eigenvalue weighted by Gasteiger charge is 2.26. The van der Waals surface area contributed by atoms with Crippen molar-refractivity contribution in [2.24, 2.45) is 0 Å². The van der Waals surface area contributed by atoms with Gasteiger partial charge in [-0.3, -0.25) is 4.79 Å². The summed E-state index contributed by atoms with van der Waals surface area (Å²) in [5, 5.41) is 0.997. The molecule has 0 aliphatic carbocycles. The molecule has 0 bridgehead atoms. The molecule has 3 heterocycles. The van der Waals surface area contributed by atoms with E-state index in [0.29, 0.717) is 6.04 Å². The molecule has 1 amide bonds. The largest absolute Gasteiger partial charge is 0.354 e. The summed E-state index contributed by atoms with van der Waals surface area (Å²) in [4.78, 5) is 23.0. The van der Waals surface area contributed by atoms with Crippen LogP contribution in [-0.4, -0.2) is 42.5 Å². The van der Waals surface area contributed by atoms with Gasteiger partial charge in [0, 0.05) is 26.7 Å². The third kappa shape index (κ3) is 2.42. The summed E-state index contributed by atoms with van der Waals surface area (Å²) in [7, 11) is 3.98. The number of nitrogens with zero attached hydrogens (tertiary/aromatic N) is 3. The number of amides is 1. The molecule has 1 aliphatic rings. The van der Waals surface area contributed by atoms with Crippen LogP contribution in [0, 0.1) is 0 Å². The lowest BCUT2D eigenvalue weighted by molar-refractivity contribution is 0.0641. The molecule has 4 nitrogen and oxygen atoms in total. The van der Waals surface area contributed by atoms with E-state index in [1.54, 1.807) is 11.3 Å². The highest BCUT2D eigenvalue weighted by atomic mass is 32.1. The predicted octanol–water partition coefficient (Wildman–Crippen LogP) is 3.44. The van der Waals surface area contributed by atoms with E-state index >= 15 is 0 Å². The summed E-state index contributed by atoms with van der Waals surface area (Å²) in [5.74, 6) is 0.179. The lowest BCUT2D eigenvalue weighted by atomic mass is 10.0. The first kappa shape index (κ1) is 13.8. The van der Waals surface area contributed by atoms with E-state index < -0.39 is 0 Å². The molecule has 6 heteroatoms. The van der Waals surface area contributed by atoms with Crippen LogP contribution in [0.25, 0.3) is 9.53 Å². The van der Waals surface area contributed by atoms with E-state index in [-0.39, 0.29) is 5.91 Å². The lowest BCUT2D eigenvalue weighted by Crippen LogP contribution is -2.41. The molecule has 0 aromatic carbocycles. The number of anilines is 1. The van der Waals surface area contributed by atoms with Crippen LogP contribution in [0.2, 0.25) is 0 Å². The van der Waals surface area contributed by atoms with E-state index in [1.807, 2.05) is 30.0 Å². The minimum Gasteiger partial charge on any atom is -0.354 e. The molecule has 0 unspecified atom stereocenters. The molecule has 0 saturated carbocycles. The molecule has 1 aliphatic heterocycles. The Morgan fingerprint density at radius 2 is 2.20 bits per heavy atom. The average molecular weight is 309 g/mol. The fourth-order valence-corrected chi connectivity index (χ4v) is 4.65. The van der Waals surface area contributed by atoms with Gasteiger partial charge in [0.05, 0.1) is 9.58 Å². The number of hydrogen-bond donors (Lipinski definition) is 0. The predicted molar refractivity (Wildman–Crippen MR) is 86.2 cm³/mol. The first-order chi connectivity index (χ1) is 9.56. The van der Waals surface area contributed by atoms with Crippen molar-refractivity contribution in [1.82, 2.24) is 9.88 Å². The Hall–Kier alpha value is -1.14. The zero-order chi connectivity index (χ0) is 14.3. The van der Waals surface area contributed by atoms with Gasteiger partial charge in [0.2, 0.25) is 0 Å². The Kier molecular flexibility index (Phi) is 3.69. The van der Waals surface area contributed by atoms with Crippen molar-refractivity contribution in [2.75, 3.05) is 25.5 Å². The molecule has 2 aromatic heterocycles. The van der Waals surface area contributed by atoms with E-state index in [0.717, 1.165) is 38.9 Å². The SMILES string of the molecule is C[C@@H]1CCCCN1C(=O)c1cc2sc(N(C)C)nc2s1. The first-order valence-electron chi connectivity index (χ1n) is 6.95. The second kappa shape index (κ2) is 5.33. The summed E-state index contributed by atoms with van der Waals surface area (Å²) in [5.41, 5.74) is 0. The number of rotatable bonds is 2. The van der Waals surface area contributed by atoms with Crippen LogP contribution in [0.4, 0.5) is 5.13 Å². The van der Waals surface area contributed by atoms with Crippen molar-refractivity contribution >= 4 is 43.2 Å². The Balaban J connectivity index is 1.86. The Labute approximate surface area is 127 Å². The summed E-state index contributed by atoms with van der Waals surface area (Å²) < 4.78 is 1.12. The number of likely N-dealkylation sites (tertiary alicyclic amines) is 1. The number of aromatic nitrogens is 1. The summed E-state index contributed by atoms with van der Waals surface area (Å²) >= 11 is 3.17. The molecule has 0 spiro atoms. The topological polar surface area (TPSA) is 36.4 Å². The van der Waals surface area contributed by atoms with Gasteiger partial charge < -0.3 is 9.80 Å². The fraction of sp³-hybridized carbons (Fsp3) is 0.571. The first-order valence-corrected chi connectivity index (χ1v) is 8.58. The van der Waals surface area contributed by atoms with Gasteiger partial charge in [-0.2, -0.15) is 0 Å². The van der Waals surface area contributed by atoms with Gasteiger partial charge in [-0.1, -0.05) is 11.3 Å². The minimum absolute atomic E-state index is 0.179. The number of piperidine rings is 1. The van der Waals surface area contributed by atoms with Crippen LogP contribution in [0.5, 0.6) is 0 Å². The number of hydrogen-bond acceptors (Lipinski definition) is 5. The van der Waals surface area contributed by atoms with Gasteiger partial charge in [0.25, 0.3) is 5.91 Å². The molecule has 108 valence electrons. The van der Waals surface area contributed by atoms with Crippen molar-refractivity contribution in [1.29, 1.82) is 0 Å². The normalized spacial score (nSPS) is 19.6. The third-order valence-corrected chi connectivity index (χ3v) is 6.05.